The summed E-state index contributed by atoms with van der Waals surface area (Å²) in [6.45, 7) is 7.72. The van der Waals surface area contributed by atoms with Crippen molar-refractivity contribution in [2.75, 3.05) is 25.6 Å². The first-order valence-electron chi connectivity index (χ1n) is 7.92. The van der Waals surface area contributed by atoms with Crippen molar-refractivity contribution in [2.24, 2.45) is 5.41 Å². The van der Waals surface area contributed by atoms with Gasteiger partial charge in [0.25, 0.3) is 0 Å². The van der Waals surface area contributed by atoms with E-state index in [1.807, 2.05) is 11.3 Å². The zero-order valence-corrected chi connectivity index (χ0v) is 14.6. The monoisotopic (exact) mass is 309 g/mol. The van der Waals surface area contributed by atoms with Crippen LogP contribution in [0, 0.1) is 5.41 Å². The van der Waals surface area contributed by atoms with Crippen LogP contribution >= 0.6 is 11.3 Å². The number of nitrogens with one attached hydrogen (secondary N) is 1. The number of thiazole rings is 1. The lowest BCUT2D eigenvalue weighted by Gasteiger charge is -2.34. The van der Waals surface area contributed by atoms with Crippen molar-refractivity contribution in [1.82, 2.24) is 10.3 Å². The third kappa shape index (κ3) is 2.83. The average molecular weight is 309 g/mol. The highest BCUT2D eigenvalue weighted by atomic mass is 32.1. The van der Waals surface area contributed by atoms with E-state index in [1.54, 1.807) is 0 Å². The molecular weight excluding hydrogens is 282 g/mol. The number of likely N-dealkylation sites (N-methyl/N-ethyl adjacent to an activating group) is 1. The summed E-state index contributed by atoms with van der Waals surface area (Å²) in [6.07, 6.45) is 3.67. The first-order valence-corrected chi connectivity index (χ1v) is 8.74. The molecule has 0 saturated carbocycles. The number of fused-ring (bicyclic) bond motifs is 1. The van der Waals surface area contributed by atoms with Gasteiger partial charge in [-0.2, -0.15) is 0 Å². The van der Waals surface area contributed by atoms with Gasteiger partial charge in [-0.3, -0.25) is 0 Å². The van der Waals surface area contributed by atoms with Crippen LogP contribution in [0.5, 0.6) is 0 Å². The number of ether oxygens (including phenoxy) is 1. The summed E-state index contributed by atoms with van der Waals surface area (Å²) in [5, 5.41) is 4.63. The molecule has 1 aliphatic carbocycles. The van der Waals surface area contributed by atoms with Gasteiger partial charge >= 0.3 is 0 Å². The Morgan fingerprint density at radius 1 is 1.43 bits per heavy atom. The molecule has 1 N–H and O–H groups in total. The molecule has 4 nitrogen and oxygen atoms in total. The van der Waals surface area contributed by atoms with E-state index >= 15 is 0 Å². The Bertz CT molecular complexity index is 514. The van der Waals surface area contributed by atoms with Crippen molar-refractivity contribution in [2.45, 2.75) is 58.2 Å². The fraction of sp³-hybridized carbons (Fsp3) is 0.812. The summed E-state index contributed by atoms with van der Waals surface area (Å²) in [6, 6.07) is 0.902. The number of aromatic nitrogens is 1. The number of hydrogen-bond acceptors (Lipinski definition) is 5. The minimum absolute atomic E-state index is 0.299. The van der Waals surface area contributed by atoms with E-state index in [0.29, 0.717) is 23.6 Å². The smallest absolute Gasteiger partial charge is 0.185 e. The summed E-state index contributed by atoms with van der Waals surface area (Å²) < 4.78 is 5.71. The molecule has 1 fully saturated rings. The molecule has 1 aromatic rings. The Morgan fingerprint density at radius 3 is 2.81 bits per heavy atom. The van der Waals surface area contributed by atoms with Gasteiger partial charge in [-0.05, 0) is 38.6 Å². The average Bonchev–Trinajstić information content (AvgIpc) is 3.01. The Kier molecular flexibility index (Phi) is 4.01. The van der Waals surface area contributed by atoms with Gasteiger partial charge in [0.15, 0.2) is 5.13 Å². The molecule has 0 spiro atoms. The lowest BCUT2D eigenvalue weighted by atomic mass is 9.76. The maximum atomic E-state index is 5.71. The normalized spacial score (nSPS) is 31.2. The second-order valence-electron chi connectivity index (χ2n) is 7.24. The van der Waals surface area contributed by atoms with Crippen molar-refractivity contribution >= 4 is 16.5 Å². The minimum atomic E-state index is 0.299. The van der Waals surface area contributed by atoms with Crippen molar-refractivity contribution < 1.29 is 4.74 Å². The molecule has 0 aromatic carbocycles. The highest BCUT2D eigenvalue weighted by molar-refractivity contribution is 7.15. The highest BCUT2D eigenvalue weighted by Gasteiger charge is 2.36. The maximum absolute atomic E-state index is 5.71. The van der Waals surface area contributed by atoms with Gasteiger partial charge in [0.05, 0.1) is 17.8 Å². The zero-order chi connectivity index (χ0) is 15.2. The predicted molar refractivity (Wildman–Crippen MR) is 88.2 cm³/mol. The van der Waals surface area contributed by atoms with Crippen LogP contribution in [0.1, 0.15) is 50.2 Å². The summed E-state index contributed by atoms with van der Waals surface area (Å²) in [7, 11) is 4.23. The van der Waals surface area contributed by atoms with E-state index in [4.69, 9.17) is 9.72 Å². The lowest BCUT2D eigenvalue weighted by molar-refractivity contribution is 0.118. The molecular formula is C16H27N3OS. The van der Waals surface area contributed by atoms with Crippen molar-refractivity contribution in [1.29, 1.82) is 0 Å². The molecule has 5 heteroatoms. The van der Waals surface area contributed by atoms with E-state index in [1.165, 1.54) is 17.0 Å². The van der Waals surface area contributed by atoms with E-state index in [-0.39, 0.29) is 0 Å². The molecule has 21 heavy (non-hydrogen) atoms. The minimum Gasteiger partial charge on any atom is -0.376 e. The predicted octanol–water partition coefficient (Wildman–Crippen LogP) is 2.99. The Hall–Kier alpha value is -0.650. The maximum Gasteiger partial charge on any atom is 0.185 e. The Morgan fingerprint density at radius 2 is 2.19 bits per heavy atom. The summed E-state index contributed by atoms with van der Waals surface area (Å²) in [5.41, 5.74) is 1.62. The van der Waals surface area contributed by atoms with Gasteiger partial charge in [-0.25, -0.2) is 4.98 Å². The van der Waals surface area contributed by atoms with Gasteiger partial charge in [-0.1, -0.05) is 25.2 Å². The van der Waals surface area contributed by atoms with Gasteiger partial charge in [0.2, 0.25) is 0 Å². The molecule has 0 amide bonds. The Labute approximate surface area is 131 Å². The van der Waals surface area contributed by atoms with E-state index in [2.05, 4.69) is 45.1 Å². The molecule has 1 aromatic heterocycles. The van der Waals surface area contributed by atoms with Gasteiger partial charge in [0.1, 0.15) is 0 Å². The first kappa shape index (κ1) is 15.3. The van der Waals surface area contributed by atoms with Crippen LogP contribution in [-0.4, -0.2) is 37.8 Å². The van der Waals surface area contributed by atoms with Gasteiger partial charge in [-0.15, -0.1) is 0 Å². The van der Waals surface area contributed by atoms with Gasteiger partial charge in [0, 0.05) is 24.6 Å². The summed E-state index contributed by atoms with van der Waals surface area (Å²) >= 11 is 1.86. The van der Waals surface area contributed by atoms with E-state index in [0.717, 1.165) is 24.6 Å². The van der Waals surface area contributed by atoms with Crippen molar-refractivity contribution in [3.63, 3.8) is 0 Å². The van der Waals surface area contributed by atoms with Crippen LogP contribution in [0.3, 0.4) is 0 Å². The fourth-order valence-corrected chi connectivity index (χ4v) is 4.89. The van der Waals surface area contributed by atoms with E-state index < -0.39 is 0 Å². The molecule has 3 rings (SSSR count). The molecule has 3 atom stereocenters. The van der Waals surface area contributed by atoms with Crippen LogP contribution in [0.25, 0.3) is 0 Å². The fourth-order valence-electron chi connectivity index (χ4n) is 3.68. The Balaban J connectivity index is 1.88. The molecule has 1 aliphatic heterocycles. The SMILES string of the molecule is CNC1CC(C)(C)Cc2nc(N(C)C3CCOC3C)sc21. The van der Waals surface area contributed by atoms with Gasteiger partial charge < -0.3 is 15.0 Å². The first-order chi connectivity index (χ1) is 9.91. The van der Waals surface area contributed by atoms with Crippen molar-refractivity contribution in [3.05, 3.63) is 10.6 Å². The molecule has 0 bridgehead atoms. The van der Waals surface area contributed by atoms with E-state index in [9.17, 15) is 0 Å². The zero-order valence-electron chi connectivity index (χ0n) is 13.8. The van der Waals surface area contributed by atoms with Crippen LogP contribution in [0.15, 0.2) is 0 Å². The largest absolute Gasteiger partial charge is 0.376 e. The number of rotatable bonds is 3. The van der Waals surface area contributed by atoms with Crippen LogP contribution < -0.4 is 10.2 Å². The van der Waals surface area contributed by atoms with Crippen LogP contribution in [0.2, 0.25) is 0 Å². The number of anilines is 1. The van der Waals surface area contributed by atoms with Crippen LogP contribution in [0.4, 0.5) is 5.13 Å². The highest BCUT2D eigenvalue weighted by Crippen LogP contribution is 2.45. The second kappa shape index (κ2) is 5.52. The molecule has 118 valence electrons. The lowest BCUT2D eigenvalue weighted by Crippen LogP contribution is -2.36. The third-order valence-electron chi connectivity index (χ3n) is 4.92. The summed E-state index contributed by atoms with van der Waals surface area (Å²) in [4.78, 5) is 8.74. The van der Waals surface area contributed by atoms with Crippen molar-refractivity contribution in [3.8, 4) is 0 Å². The summed E-state index contributed by atoms with van der Waals surface area (Å²) in [5.74, 6) is 0. The second-order valence-corrected chi connectivity index (χ2v) is 8.25. The quantitative estimate of drug-likeness (QED) is 0.931. The molecule has 2 aliphatic rings. The van der Waals surface area contributed by atoms with Crippen LogP contribution in [-0.2, 0) is 11.2 Å². The topological polar surface area (TPSA) is 37.4 Å². The molecule has 2 heterocycles. The molecule has 3 unspecified atom stereocenters. The third-order valence-corrected chi connectivity index (χ3v) is 6.22. The number of nitrogens with zero attached hydrogens (tertiary/aromatic N) is 2. The molecule has 0 radical (unpaired) electrons. The standard InChI is InChI=1S/C16H27N3OS/c1-10-13(6-7-20-10)19(5)15-18-12-9-16(2,3)8-11(17-4)14(12)21-15/h10-11,13,17H,6-9H2,1-5H3. The molecule has 1 saturated heterocycles. The number of hydrogen-bond donors (Lipinski definition) is 1.